The number of nitrogens with zero attached hydrogens (tertiary/aromatic N) is 2. The highest BCUT2D eigenvalue weighted by atomic mass is 16.2. The predicted octanol–water partition coefficient (Wildman–Crippen LogP) is 2.60. The van der Waals surface area contributed by atoms with Crippen LogP contribution in [-0.4, -0.2) is 133 Å². The second-order valence-electron chi connectivity index (χ2n) is 22.5. The van der Waals surface area contributed by atoms with Crippen LogP contribution in [0.1, 0.15) is 141 Å². The van der Waals surface area contributed by atoms with Crippen molar-refractivity contribution in [2.75, 3.05) is 27.2 Å². The molecule has 2 aliphatic heterocycles. The van der Waals surface area contributed by atoms with Crippen LogP contribution in [0.5, 0.6) is 0 Å². The standard InChI is InChI=1S/C54H80N10O8/c1-31(55-9)47(67)61-45(53(3,4)5)51(71)63-29-35(27-41(63)49(69)59-39-23-15-19-33-17-11-13-21-37(33)39)57-43(65)25-26-44(66)58-36-28-42(50(70)60-40-24-16-20-34-18-12-14-22-38(34)40)64(30-36)52(72)46(54(6,7)8)62-48(68)32(2)56-10/h11-14,17-18,21-22,31-32,35-36,39-42,45-46,55-56H,15-16,19-20,23-30H2,1-10H3,(H,57,65)(H,58,66)(H,59,69)(H,60,70)(H,61,67)(H,62,68)/t31-,32-,35-,36?,39+,40+,41-,42-,45-,46-/m0/s1. The van der Waals surface area contributed by atoms with E-state index in [1.165, 1.54) is 9.80 Å². The van der Waals surface area contributed by atoms with Gasteiger partial charge in [-0.3, -0.25) is 38.4 Å². The van der Waals surface area contributed by atoms with Gasteiger partial charge in [0.25, 0.3) is 0 Å². The number of benzene rings is 2. The zero-order valence-electron chi connectivity index (χ0n) is 44.0. The maximum Gasteiger partial charge on any atom is 0.246 e. The molecule has 2 fully saturated rings. The van der Waals surface area contributed by atoms with Gasteiger partial charge < -0.3 is 52.3 Å². The third-order valence-corrected chi connectivity index (χ3v) is 14.9. The second-order valence-corrected chi connectivity index (χ2v) is 22.5. The first-order valence-electron chi connectivity index (χ1n) is 25.9. The Bertz CT molecular complexity index is 2170. The van der Waals surface area contributed by atoms with E-state index >= 15 is 0 Å². The molecule has 394 valence electrons. The normalized spacial score (nSPS) is 23.5. The monoisotopic (exact) mass is 997 g/mol. The number of likely N-dealkylation sites (tertiary alicyclic amines) is 2. The average molecular weight is 997 g/mol. The van der Waals surface area contributed by atoms with E-state index in [0.29, 0.717) is 0 Å². The fourth-order valence-electron chi connectivity index (χ4n) is 10.5. The molecule has 2 aromatic rings. The summed E-state index contributed by atoms with van der Waals surface area (Å²) in [6.07, 6.45) is 4.87. The highest BCUT2D eigenvalue weighted by Crippen LogP contribution is 2.34. The number of hydrogen-bond donors (Lipinski definition) is 8. The number of rotatable bonds is 17. The Kier molecular flexibility index (Phi) is 18.3. The van der Waals surface area contributed by atoms with E-state index in [9.17, 15) is 38.4 Å². The van der Waals surface area contributed by atoms with Gasteiger partial charge in [-0.25, -0.2) is 0 Å². The van der Waals surface area contributed by atoms with E-state index in [2.05, 4.69) is 54.7 Å². The van der Waals surface area contributed by atoms with Crippen LogP contribution in [0.2, 0.25) is 0 Å². The van der Waals surface area contributed by atoms with Crippen LogP contribution in [0, 0.1) is 10.8 Å². The lowest BCUT2D eigenvalue weighted by Crippen LogP contribution is -2.59. The number of carbonyl (C=O) groups excluding carboxylic acids is 8. The molecular weight excluding hydrogens is 917 g/mol. The number of nitrogens with one attached hydrogen (secondary N) is 8. The minimum absolute atomic E-state index is 0.00581. The number of hydrogen-bond acceptors (Lipinski definition) is 10. The highest BCUT2D eigenvalue weighted by Gasteiger charge is 2.48. The van der Waals surface area contributed by atoms with Crippen LogP contribution in [0.25, 0.3) is 0 Å². The third kappa shape index (κ3) is 13.6. The molecule has 0 aromatic heterocycles. The number of aryl methyl sites for hydroxylation is 2. The summed E-state index contributed by atoms with van der Waals surface area (Å²) in [6, 6.07) is 9.18. The Hall–Kier alpha value is -5.88. The van der Waals surface area contributed by atoms with Crippen LogP contribution in [0.15, 0.2) is 48.5 Å². The summed E-state index contributed by atoms with van der Waals surface area (Å²) in [5.74, 6) is -3.24. The van der Waals surface area contributed by atoms with Gasteiger partial charge in [0.2, 0.25) is 47.3 Å². The van der Waals surface area contributed by atoms with Crippen molar-refractivity contribution in [3.63, 3.8) is 0 Å². The lowest BCUT2D eigenvalue weighted by molar-refractivity contribution is -0.144. The summed E-state index contributed by atoms with van der Waals surface area (Å²) < 4.78 is 0. The van der Waals surface area contributed by atoms with Crippen molar-refractivity contribution >= 4 is 47.3 Å². The minimum Gasteiger partial charge on any atom is -0.351 e. The molecule has 8 amide bonds. The first-order chi connectivity index (χ1) is 34.0. The van der Waals surface area contributed by atoms with Gasteiger partial charge in [-0.1, -0.05) is 90.1 Å². The van der Waals surface area contributed by atoms with Crippen LogP contribution < -0.4 is 42.5 Å². The Morgan fingerprint density at radius 3 is 1.26 bits per heavy atom. The topological polar surface area (TPSA) is 239 Å². The zero-order valence-corrected chi connectivity index (χ0v) is 44.0. The van der Waals surface area contributed by atoms with E-state index in [-0.39, 0.29) is 74.5 Å². The van der Waals surface area contributed by atoms with Gasteiger partial charge in [-0.15, -0.1) is 0 Å². The third-order valence-electron chi connectivity index (χ3n) is 14.9. The lowest BCUT2D eigenvalue weighted by Gasteiger charge is -2.36. The Labute approximate surface area is 425 Å². The average Bonchev–Trinajstić information content (AvgIpc) is 3.97. The molecule has 0 radical (unpaired) electrons. The van der Waals surface area contributed by atoms with E-state index in [0.717, 1.165) is 60.8 Å². The molecule has 8 N–H and O–H groups in total. The number of amides is 8. The zero-order chi connectivity index (χ0) is 52.7. The highest BCUT2D eigenvalue weighted by molar-refractivity contribution is 5.96. The molecule has 0 bridgehead atoms. The fraction of sp³-hybridized carbons (Fsp3) is 0.630. The first kappa shape index (κ1) is 55.4. The summed E-state index contributed by atoms with van der Waals surface area (Å²) in [5.41, 5.74) is 2.94. The minimum atomic E-state index is -0.985. The molecule has 2 heterocycles. The van der Waals surface area contributed by atoms with Crippen molar-refractivity contribution in [1.82, 2.24) is 52.3 Å². The van der Waals surface area contributed by atoms with Crippen molar-refractivity contribution < 1.29 is 38.4 Å². The molecule has 2 saturated heterocycles. The summed E-state index contributed by atoms with van der Waals surface area (Å²) in [4.78, 5) is 114. The fourth-order valence-corrected chi connectivity index (χ4v) is 10.5. The Balaban J connectivity index is 1.14. The van der Waals surface area contributed by atoms with Crippen molar-refractivity contribution in [1.29, 1.82) is 0 Å². The van der Waals surface area contributed by atoms with Gasteiger partial charge in [-0.2, -0.15) is 0 Å². The Morgan fingerprint density at radius 2 is 0.917 bits per heavy atom. The molecule has 0 spiro atoms. The summed E-state index contributed by atoms with van der Waals surface area (Å²) in [6.45, 7) is 14.4. The van der Waals surface area contributed by atoms with Gasteiger partial charge in [-0.05, 0) is 112 Å². The smallest absolute Gasteiger partial charge is 0.246 e. The lowest BCUT2D eigenvalue weighted by atomic mass is 9.85. The predicted molar refractivity (Wildman–Crippen MR) is 274 cm³/mol. The van der Waals surface area contributed by atoms with Crippen LogP contribution in [0.3, 0.4) is 0 Å². The molecule has 6 rings (SSSR count). The molecule has 2 aliphatic carbocycles. The first-order valence-corrected chi connectivity index (χ1v) is 25.9. The van der Waals surface area contributed by atoms with Crippen molar-refractivity contribution in [2.45, 2.75) is 180 Å². The van der Waals surface area contributed by atoms with Crippen LogP contribution >= 0.6 is 0 Å². The Morgan fingerprint density at radius 1 is 0.556 bits per heavy atom. The van der Waals surface area contributed by atoms with Gasteiger partial charge >= 0.3 is 0 Å². The van der Waals surface area contributed by atoms with Gasteiger partial charge in [0.15, 0.2) is 0 Å². The molecule has 1 unspecified atom stereocenters. The summed E-state index contributed by atoms with van der Waals surface area (Å²) in [7, 11) is 3.30. The molecule has 18 nitrogen and oxygen atoms in total. The largest absolute Gasteiger partial charge is 0.351 e. The molecular formula is C54H80N10O8. The van der Waals surface area contributed by atoms with E-state index in [4.69, 9.17) is 0 Å². The SMILES string of the molecule is CN[C@@H](C)C(=O)N[C@@H](C(=O)N1CC(NC(=O)CCC(=O)N[C@H]2C[C@@H](C(=O)N[C@@H]3CCCc4ccccc43)N(C(=O)[C@H](NC(=O)[C@H](C)NC)C(C)(C)C)C2)C[C@H]1C(=O)N[C@@H]1CCCc2ccccc21)C(C)(C)C. The van der Waals surface area contributed by atoms with Gasteiger partial charge in [0.05, 0.1) is 24.2 Å². The van der Waals surface area contributed by atoms with Crippen LogP contribution in [0.4, 0.5) is 0 Å². The van der Waals surface area contributed by atoms with Crippen LogP contribution in [-0.2, 0) is 51.2 Å². The molecule has 72 heavy (non-hydrogen) atoms. The van der Waals surface area contributed by atoms with Gasteiger partial charge in [0.1, 0.15) is 24.2 Å². The molecule has 0 saturated carbocycles. The molecule has 18 heteroatoms. The van der Waals surface area contributed by atoms with E-state index in [1.54, 1.807) is 27.9 Å². The van der Waals surface area contributed by atoms with E-state index in [1.807, 2.05) is 77.9 Å². The molecule has 10 atom stereocenters. The number of fused-ring (bicyclic) bond motifs is 2. The second kappa shape index (κ2) is 23.8. The summed E-state index contributed by atoms with van der Waals surface area (Å²) in [5, 5.41) is 24.0. The van der Waals surface area contributed by atoms with E-state index < -0.39 is 82.8 Å². The maximum absolute atomic E-state index is 14.6. The maximum atomic E-state index is 14.6. The number of carbonyl (C=O) groups is 8. The number of likely N-dealkylation sites (N-methyl/N-ethyl adjacent to an activating group) is 2. The molecule has 4 aliphatic rings. The van der Waals surface area contributed by atoms with Crippen molar-refractivity contribution in [3.8, 4) is 0 Å². The molecule has 2 aromatic carbocycles. The van der Waals surface area contributed by atoms with Gasteiger partial charge in [0, 0.05) is 38.0 Å². The van der Waals surface area contributed by atoms with Crippen molar-refractivity contribution in [3.05, 3.63) is 70.8 Å². The quantitative estimate of drug-likeness (QED) is 0.115. The summed E-state index contributed by atoms with van der Waals surface area (Å²) >= 11 is 0. The van der Waals surface area contributed by atoms with Crippen molar-refractivity contribution in [2.24, 2.45) is 10.8 Å².